The molecule has 0 aliphatic rings. The molecule has 0 aromatic heterocycles. The molecule has 32 heavy (non-hydrogen) atoms. The molecule has 0 spiro atoms. The third-order valence-corrected chi connectivity index (χ3v) is 4.24. The van der Waals surface area contributed by atoms with Crippen LogP contribution in [0.25, 0.3) is 6.08 Å². The molecule has 0 fully saturated rings. The summed E-state index contributed by atoms with van der Waals surface area (Å²) in [5.41, 5.74) is 0.779. The normalized spacial score (nSPS) is 10.6. The number of nitrogens with zero attached hydrogens (tertiary/aromatic N) is 1. The van der Waals surface area contributed by atoms with Crippen molar-refractivity contribution in [2.24, 2.45) is 0 Å². The summed E-state index contributed by atoms with van der Waals surface area (Å²) in [5.74, 6) is 1.95. The smallest absolute Gasteiger partial charge is 0.337 e. The van der Waals surface area contributed by atoms with E-state index in [0.717, 1.165) is 0 Å². The lowest BCUT2D eigenvalue weighted by Crippen LogP contribution is -2.20. The second-order valence-electron chi connectivity index (χ2n) is 6.83. The summed E-state index contributed by atoms with van der Waals surface area (Å²) in [5, 5.41) is 11.8. The molecule has 0 heterocycles. The fourth-order valence-electron chi connectivity index (χ4n) is 2.72. The molecule has 2 N–H and O–H groups in total. The van der Waals surface area contributed by atoms with Gasteiger partial charge in [-0.15, -0.1) is 6.42 Å². The van der Waals surface area contributed by atoms with Crippen molar-refractivity contribution in [3.63, 3.8) is 0 Å². The summed E-state index contributed by atoms with van der Waals surface area (Å²) in [6, 6.07) is 9.55. The monoisotopic (exact) mass is 438 g/mol. The van der Waals surface area contributed by atoms with Gasteiger partial charge < -0.3 is 29.5 Å². The summed E-state index contributed by atoms with van der Waals surface area (Å²) in [4.78, 5) is 25.7. The number of methoxy groups -OCH3 is 1. The van der Waals surface area contributed by atoms with E-state index in [1.54, 1.807) is 30.3 Å². The number of rotatable bonds is 11. The summed E-state index contributed by atoms with van der Waals surface area (Å²) >= 11 is 0. The molecular formula is C24H26N2O6. The van der Waals surface area contributed by atoms with Gasteiger partial charge in [-0.3, -0.25) is 4.79 Å². The highest BCUT2D eigenvalue weighted by Gasteiger charge is 2.17. The van der Waals surface area contributed by atoms with E-state index in [-0.39, 0.29) is 17.9 Å². The molecule has 0 bridgehead atoms. The fraction of sp³-hybridized carbons (Fsp3) is 0.250. The number of hydrogen-bond acceptors (Lipinski definition) is 6. The van der Waals surface area contributed by atoms with Gasteiger partial charge in [-0.2, -0.15) is 0 Å². The molecule has 168 valence electrons. The summed E-state index contributed by atoms with van der Waals surface area (Å²) in [6.45, 7) is 1.10. The number of ether oxygens (including phenoxy) is 3. The van der Waals surface area contributed by atoms with Gasteiger partial charge in [-0.1, -0.05) is 18.1 Å². The zero-order chi connectivity index (χ0) is 23.5. The van der Waals surface area contributed by atoms with Crippen LogP contribution in [0.2, 0.25) is 0 Å². The van der Waals surface area contributed by atoms with Gasteiger partial charge in [-0.05, 0) is 44.4 Å². The number of carbonyl (C=O) groups excluding carboxylic acids is 1. The Morgan fingerprint density at radius 2 is 1.91 bits per heavy atom. The van der Waals surface area contributed by atoms with E-state index in [4.69, 9.17) is 20.6 Å². The van der Waals surface area contributed by atoms with E-state index in [1.165, 1.54) is 25.3 Å². The number of hydrogen-bond donors (Lipinski definition) is 2. The van der Waals surface area contributed by atoms with Gasteiger partial charge in [0.05, 0.1) is 18.4 Å². The molecule has 0 aliphatic heterocycles. The second kappa shape index (κ2) is 12.0. The molecule has 0 saturated heterocycles. The van der Waals surface area contributed by atoms with Crippen LogP contribution >= 0.6 is 0 Å². The third kappa shape index (κ3) is 6.79. The van der Waals surface area contributed by atoms with Crippen molar-refractivity contribution in [2.75, 3.05) is 46.3 Å². The maximum absolute atomic E-state index is 12.4. The van der Waals surface area contributed by atoms with Crippen LogP contribution in [0.4, 0.5) is 5.69 Å². The van der Waals surface area contributed by atoms with Crippen LogP contribution in [-0.2, 0) is 4.79 Å². The quantitative estimate of drug-likeness (QED) is 0.411. The molecular weight excluding hydrogens is 412 g/mol. The van der Waals surface area contributed by atoms with E-state index in [9.17, 15) is 14.7 Å². The highest BCUT2D eigenvalue weighted by atomic mass is 16.5. The largest absolute Gasteiger partial charge is 0.490 e. The van der Waals surface area contributed by atoms with Crippen molar-refractivity contribution >= 4 is 23.6 Å². The minimum absolute atomic E-state index is 0.00126. The van der Waals surface area contributed by atoms with Gasteiger partial charge in [0.15, 0.2) is 11.5 Å². The number of aromatic carboxylic acids is 1. The number of carbonyl (C=O) groups is 2. The van der Waals surface area contributed by atoms with Gasteiger partial charge in [0.1, 0.15) is 13.2 Å². The lowest BCUT2D eigenvalue weighted by molar-refractivity contribution is -0.111. The van der Waals surface area contributed by atoms with Gasteiger partial charge in [0.25, 0.3) is 0 Å². The standard InChI is InChI=1S/C24H26N2O6/c1-5-15-31-20-12-10-17(22(23(20)30-4)32-16-14-26(2)3)11-13-21(27)25-19-9-7-6-8-18(19)24(28)29/h1,6-13H,14-16H2,2-4H3,(H,25,27)(H,28,29)/b13-11+. The van der Waals surface area contributed by atoms with Crippen molar-refractivity contribution < 1.29 is 28.9 Å². The van der Waals surface area contributed by atoms with Gasteiger partial charge >= 0.3 is 5.97 Å². The molecule has 1 amide bonds. The van der Waals surface area contributed by atoms with E-state index in [1.807, 2.05) is 19.0 Å². The van der Waals surface area contributed by atoms with Crippen LogP contribution in [0.3, 0.4) is 0 Å². The molecule has 0 unspecified atom stereocenters. The average molecular weight is 438 g/mol. The fourth-order valence-corrected chi connectivity index (χ4v) is 2.72. The number of carboxylic acids is 1. The van der Waals surface area contributed by atoms with E-state index < -0.39 is 11.9 Å². The summed E-state index contributed by atoms with van der Waals surface area (Å²) in [7, 11) is 5.33. The Labute approximate surface area is 187 Å². The first kappa shape index (κ1) is 24.3. The van der Waals surface area contributed by atoms with Crippen LogP contribution in [0, 0.1) is 12.3 Å². The van der Waals surface area contributed by atoms with Crippen LogP contribution in [-0.4, -0.2) is 62.8 Å². The van der Waals surface area contributed by atoms with Crippen LogP contribution < -0.4 is 19.5 Å². The molecule has 8 nitrogen and oxygen atoms in total. The Bertz CT molecular complexity index is 1020. The highest BCUT2D eigenvalue weighted by molar-refractivity contribution is 6.06. The number of carboxylic acid groups (broad SMARTS) is 1. The SMILES string of the molecule is C#CCOc1ccc(/C=C/C(=O)Nc2ccccc2C(=O)O)c(OCCN(C)C)c1OC. The molecule has 0 atom stereocenters. The Hall–Kier alpha value is -3.96. The van der Waals surface area contributed by atoms with Gasteiger partial charge in [0, 0.05) is 18.2 Å². The lowest BCUT2D eigenvalue weighted by atomic mass is 10.1. The third-order valence-electron chi connectivity index (χ3n) is 4.24. The van der Waals surface area contributed by atoms with Crippen molar-refractivity contribution in [1.29, 1.82) is 0 Å². The van der Waals surface area contributed by atoms with Crippen LogP contribution in [0.15, 0.2) is 42.5 Å². The first-order valence-corrected chi connectivity index (χ1v) is 9.73. The van der Waals surface area contributed by atoms with Crippen molar-refractivity contribution in [2.45, 2.75) is 0 Å². The lowest BCUT2D eigenvalue weighted by Gasteiger charge is -2.18. The molecule has 0 aliphatic carbocycles. The van der Waals surface area contributed by atoms with E-state index in [0.29, 0.717) is 36.0 Å². The number of benzene rings is 2. The predicted octanol–water partition coefficient (Wildman–Crippen LogP) is 3.00. The second-order valence-corrected chi connectivity index (χ2v) is 6.83. The van der Waals surface area contributed by atoms with Crippen molar-refractivity contribution in [1.82, 2.24) is 4.90 Å². The number of para-hydroxylation sites is 1. The maximum Gasteiger partial charge on any atom is 0.337 e. The number of terminal acetylenes is 1. The molecule has 2 aromatic carbocycles. The number of amides is 1. The Morgan fingerprint density at radius 3 is 2.56 bits per heavy atom. The molecule has 8 heteroatoms. The summed E-state index contributed by atoms with van der Waals surface area (Å²) in [6.07, 6.45) is 8.12. The molecule has 2 aromatic rings. The zero-order valence-corrected chi connectivity index (χ0v) is 18.3. The molecule has 0 saturated carbocycles. The maximum atomic E-state index is 12.4. The first-order chi connectivity index (χ1) is 15.4. The predicted molar refractivity (Wildman–Crippen MR) is 122 cm³/mol. The Kier molecular flexibility index (Phi) is 9.14. The zero-order valence-electron chi connectivity index (χ0n) is 18.3. The van der Waals surface area contributed by atoms with Crippen molar-refractivity contribution in [3.05, 3.63) is 53.6 Å². The minimum Gasteiger partial charge on any atom is -0.490 e. The van der Waals surface area contributed by atoms with Gasteiger partial charge in [0.2, 0.25) is 11.7 Å². The van der Waals surface area contributed by atoms with E-state index >= 15 is 0 Å². The average Bonchev–Trinajstić information content (AvgIpc) is 2.76. The van der Waals surface area contributed by atoms with Crippen molar-refractivity contribution in [3.8, 4) is 29.6 Å². The molecule has 2 rings (SSSR count). The highest BCUT2D eigenvalue weighted by Crippen LogP contribution is 2.40. The molecule has 0 radical (unpaired) electrons. The minimum atomic E-state index is -1.13. The Morgan fingerprint density at radius 1 is 1.16 bits per heavy atom. The summed E-state index contributed by atoms with van der Waals surface area (Å²) < 4.78 is 16.9. The van der Waals surface area contributed by atoms with Crippen LogP contribution in [0.1, 0.15) is 15.9 Å². The number of nitrogens with one attached hydrogen (secondary N) is 1. The Balaban J connectivity index is 2.30. The topological polar surface area (TPSA) is 97.3 Å². The first-order valence-electron chi connectivity index (χ1n) is 9.73. The van der Waals surface area contributed by atoms with Crippen LogP contribution in [0.5, 0.6) is 17.2 Å². The van der Waals surface area contributed by atoms with Gasteiger partial charge in [-0.25, -0.2) is 4.79 Å². The van der Waals surface area contributed by atoms with E-state index in [2.05, 4.69) is 11.2 Å². The number of likely N-dealkylation sites (N-methyl/N-ethyl adjacent to an activating group) is 1. The number of anilines is 1.